The second kappa shape index (κ2) is 6.37. The van der Waals surface area contributed by atoms with Gasteiger partial charge in [-0.15, -0.1) is 0 Å². The first-order valence-electron chi connectivity index (χ1n) is 8.20. The lowest BCUT2D eigenvalue weighted by atomic mass is 9.87. The topological polar surface area (TPSA) is 20.3 Å². The summed E-state index contributed by atoms with van der Waals surface area (Å²) in [5.74, 6) is -0.309. The molecule has 2 nitrogen and oxygen atoms in total. The first kappa shape index (κ1) is 17.5. The molecule has 26 heavy (non-hydrogen) atoms. The molecule has 4 rings (SSSR count). The van der Waals surface area contributed by atoms with Gasteiger partial charge in [0.05, 0.1) is 22.5 Å². The summed E-state index contributed by atoms with van der Waals surface area (Å²) < 4.78 is 14.0. The Morgan fingerprint density at radius 2 is 1.81 bits per heavy atom. The molecule has 1 aliphatic heterocycles. The van der Waals surface area contributed by atoms with Crippen molar-refractivity contribution in [2.45, 2.75) is 25.8 Å². The number of halogens is 1. The number of anilines is 1. The highest BCUT2D eigenvalue weighted by Crippen LogP contribution is 2.52. The van der Waals surface area contributed by atoms with Gasteiger partial charge in [-0.05, 0) is 37.6 Å². The van der Waals surface area contributed by atoms with Crippen LogP contribution >= 0.6 is 32.9 Å². The SMILES string of the molecule is CC1(C)c2ssc(=S)c2-c2ccccc2N1C(=O)Cc1ccc(F)cc1. The number of hydrogen-bond donors (Lipinski definition) is 0. The second-order valence-electron chi connectivity index (χ2n) is 6.77. The van der Waals surface area contributed by atoms with Crippen LogP contribution in [-0.4, -0.2) is 5.91 Å². The number of fused-ring (bicyclic) bond motifs is 3. The van der Waals surface area contributed by atoms with Gasteiger partial charge in [-0.25, -0.2) is 4.39 Å². The van der Waals surface area contributed by atoms with Crippen LogP contribution in [0.1, 0.15) is 24.3 Å². The van der Waals surface area contributed by atoms with Gasteiger partial charge in [-0.3, -0.25) is 4.79 Å². The standard InChI is InChI=1S/C20H16FNOS3/c1-20(2)18-17(19(24)26-25-18)14-5-3-4-6-15(14)22(20)16(23)11-12-7-9-13(21)10-8-12/h3-10H,11H2,1-2H3. The van der Waals surface area contributed by atoms with Crippen LogP contribution in [-0.2, 0) is 16.8 Å². The average molecular weight is 402 g/mol. The Morgan fingerprint density at radius 1 is 1.12 bits per heavy atom. The zero-order chi connectivity index (χ0) is 18.5. The van der Waals surface area contributed by atoms with Gasteiger partial charge < -0.3 is 4.90 Å². The van der Waals surface area contributed by atoms with Crippen molar-refractivity contribution in [2.75, 3.05) is 4.90 Å². The Bertz CT molecular complexity index is 1050. The lowest BCUT2D eigenvalue weighted by Gasteiger charge is -2.43. The van der Waals surface area contributed by atoms with Gasteiger partial charge >= 0.3 is 0 Å². The van der Waals surface area contributed by atoms with Crippen LogP contribution in [0.4, 0.5) is 10.1 Å². The van der Waals surface area contributed by atoms with Gasteiger partial charge in [0.1, 0.15) is 9.64 Å². The first-order chi connectivity index (χ1) is 12.4. The number of amides is 1. The molecule has 0 spiro atoms. The van der Waals surface area contributed by atoms with E-state index >= 15 is 0 Å². The summed E-state index contributed by atoms with van der Waals surface area (Å²) in [5, 5.41) is 0. The summed E-state index contributed by atoms with van der Waals surface area (Å²) in [6, 6.07) is 14.0. The van der Waals surface area contributed by atoms with Crippen molar-refractivity contribution in [1.82, 2.24) is 0 Å². The van der Waals surface area contributed by atoms with Crippen molar-refractivity contribution < 1.29 is 9.18 Å². The van der Waals surface area contributed by atoms with Crippen molar-refractivity contribution in [2.24, 2.45) is 0 Å². The zero-order valence-corrected chi connectivity index (χ0v) is 16.7. The van der Waals surface area contributed by atoms with Gasteiger partial charge in [-0.2, -0.15) is 0 Å². The highest BCUT2D eigenvalue weighted by atomic mass is 32.9. The van der Waals surface area contributed by atoms with Gasteiger partial charge in [0.15, 0.2) is 0 Å². The van der Waals surface area contributed by atoms with Crippen LogP contribution in [0.25, 0.3) is 11.1 Å². The molecular formula is C20H16FNOS3. The highest BCUT2D eigenvalue weighted by molar-refractivity contribution is 7.80. The van der Waals surface area contributed by atoms with Crippen LogP contribution in [0.15, 0.2) is 48.5 Å². The lowest BCUT2D eigenvalue weighted by Crippen LogP contribution is -2.48. The zero-order valence-electron chi connectivity index (χ0n) is 14.3. The number of carbonyl (C=O) groups is 1. The fourth-order valence-corrected chi connectivity index (χ4v) is 6.76. The van der Waals surface area contributed by atoms with Crippen LogP contribution in [0, 0.1) is 9.64 Å². The summed E-state index contributed by atoms with van der Waals surface area (Å²) in [7, 11) is 3.23. The molecule has 1 amide bonds. The fourth-order valence-electron chi connectivity index (χ4n) is 3.48. The molecule has 0 bridgehead atoms. The first-order valence-corrected chi connectivity index (χ1v) is 10.8. The molecule has 2 aromatic carbocycles. The Hall–Kier alpha value is -1.89. The van der Waals surface area contributed by atoms with E-state index in [1.54, 1.807) is 32.8 Å². The smallest absolute Gasteiger partial charge is 0.232 e. The number of carbonyl (C=O) groups excluding carboxylic acids is 1. The molecule has 0 atom stereocenters. The van der Waals surface area contributed by atoms with Gasteiger partial charge in [0.2, 0.25) is 5.91 Å². The second-order valence-corrected chi connectivity index (χ2v) is 9.58. The molecule has 0 fully saturated rings. The van der Waals surface area contributed by atoms with E-state index in [4.69, 9.17) is 12.2 Å². The third-order valence-electron chi connectivity index (χ3n) is 4.68. The molecule has 0 radical (unpaired) electrons. The van der Waals surface area contributed by atoms with Crippen molar-refractivity contribution in [3.8, 4) is 11.1 Å². The monoisotopic (exact) mass is 401 g/mol. The van der Waals surface area contributed by atoms with Gasteiger partial charge in [-0.1, -0.05) is 63.2 Å². The quantitative estimate of drug-likeness (QED) is 0.378. The molecule has 1 aromatic heterocycles. The van der Waals surface area contributed by atoms with Crippen molar-refractivity contribution in [3.05, 3.63) is 68.6 Å². The molecule has 0 aliphatic carbocycles. The van der Waals surface area contributed by atoms with Crippen LogP contribution in [0.3, 0.4) is 0 Å². The normalized spacial score (nSPS) is 14.7. The molecular weight excluding hydrogens is 385 g/mol. The van der Waals surface area contributed by atoms with Crippen molar-refractivity contribution >= 4 is 44.5 Å². The Balaban J connectivity index is 1.82. The van der Waals surface area contributed by atoms with Gasteiger partial charge in [0.25, 0.3) is 0 Å². The molecule has 0 N–H and O–H groups in total. The molecule has 0 saturated heterocycles. The predicted molar refractivity (Wildman–Crippen MR) is 109 cm³/mol. The molecule has 6 heteroatoms. The summed E-state index contributed by atoms with van der Waals surface area (Å²) in [6.45, 7) is 4.12. The fraction of sp³-hybridized carbons (Fsp3) is 0.200. The number of para-hydroxylation sites is 1. The largest absolute Gasteiger partial charge is 0.301 e. The van der Waals surface area contributed by atoms with Crippen molar-refractivity contribution in [3.63, 3.8) is 0 Å². The van der Waals surface area contributed by atoms with E-state index in [1.165, 1.54) is 12.1 Å². The lowest BCUT2D eigenvalue weighted by molar-refractivity contribution is -0.119. The Kier molecular flexibility index (Phi) is 4.29. The number of benzene rings is 2. The van der Waals surface area contributed by atoms with E-state index in [0.717, 1.165) is 31.1 Å². The van der Waals surface area contributed by atoms with Crippen LogP contribution in [0.5, 0.6) is 0 Å². The van der Waals surface area contributed by atoms with Gasteiger partial charge in [0, 0.05) is 11.1 Å². The molecule has 0 saturated carbocycles. The minimum Gasteiger partial charge on any atom is -0.301 e. The van der Waals surface area contributed by atoms with E-state index < -0.39 is 5.54 Å². The molecule has 132 valence electrons. The number of rotatable bonds is 2. The predicted octanol–water partition coefficient (Wildman–Crippen LogP) is 6.17. The highest BCUT2D eigenvalue weighted by Gasteiger charge is 2.42. The number of hydrogen-bond acceptors (Lipinski definition) is 4. The third kappa shape index (κ3) is 2.73. The van der Waals surface area contributed by atoms with E-state index in [1.807, 2.05) is 29.2 Å². The minimum absolute atomic E-state index is 0.0102. The summed E-state index contributed by atoms with van der Waals surface area (Å²) >= 11 is 5.56. The van der Waals surface area contributed by atoms with E-state index in [0.29, 0.717) is 0 Å². The summed E-state index contributed by atoms with van der Waals surface area (Å²) in [4.78, 5) is 16.3. The summed E-state index contributed by atoms with van der Waals surface area (Å²) in [5.41, 5.74) is 3.29. The van der Waals surface area contributed by atoms with E-state index in [2.05, 4.69) is 13.8 Å². The molecule has 3 aromatic rings. The molecule has 0 unspecified atom stereocenters. The maximum absolute atomic E-state index is 13.3. The van der Waals surface area contributed by atoms with Crippen LogP contribution in [0.2, 0.25) is 0 Å². The Morgan fingerprint density at radius 3 is 2.54 bits per heavy atom. The van der Waals surface area contributed by atoms with Crippen molar-refractivity contribution in [1.29, 1.82) is 0 Å². The molecule has 1 aliphatic rings. The third-order valence-corrected chi connectivity index (χ3v) is 8.01. The Labute approximate surface area is 163 Å². The molecule has 2 heterocycles. The maximum atomic E-state index is 13.3. The average Bonchev–Trinajstić information content (AvgIpc) is 3.00. The number of nitrogens with zero attached hydrogens (tertiary/aromatic N) is 1. The van der Waals surface area contributed by atoms with E-state index in [9.17, 15) is 9.18 Å². The van der Waals surface area contributed by atoms with E-state index in [-0.39, 0.29) is 18.1 Å². The van der Waals surface area contributed by atoms with Crippen LogP contribution < -0.4 is 4.90 Å². The minimum atomic E-state index is -0.487. The summed E-state index contributed by atoms with van der Waals surface area (Å²) in [6.07, 6.45) is 0.225. The maximum Gasteiger partial charge on any atom is 0.232 e.